The van der Waals surface area contributed by atoms with Crippen molar-refractivity contribution in [2.75, 3.05) is 0 Å². The minimum Gasteiger partial charge on any atom is -0.399 e. The van der Waals surface area contributed by atoms with E-state index in [1.54, 1.807) is 0 Å². The van der Waals surface area contributed by atoms with Gasteiger partial charge in [-0.15, -0.1) is 13.2 Å². The summed E-state index contributed by atoms with van der Waals surface area (Å²) in [4.78, 5) is 0. The van der Waals surface area contributed by atoms with Gasteiger partial charge in [0.15, 0.2) is 11.6 Å². The lowest BCUT2D eigenvalue weighted by molar-refractivity contribution is -0.276. The van der Waals surface area contributed by atoms with Crippen molar-refractivity contribution >= 4 is 0 Å². The van der Waals surface area contributed by atoms with Crippen LogP contribution < -0.4 is 4.74 Å². The predicted molar refractivity (Wildman–Crippen MR) is 114 cm³/mol. The standard InChI is InChI=1S/C26H33F5O/c1-2-3-16-4-5-21-13-20(11-10-19(21)12-16)17-6-8-18(9-7-17)22-14-23(27)25(24(28)15-22)32-26(29,30)31/h2-3,14-21H,4-13H2,1H3/b3-2+. The number of benzene rings is 1. The first-order chi connectivity index (χ1) is 15.2. The zero-order valence-corrected chi connectivity index (χ0v) is 18.6. The Morgan fingerprint density at radius 3 is 1.91 bits per heavy atom. The summed E-state index contributed by atoms with van der Waals surface area (Å²) in [7, 11) is 0. The molecule has 0 bridgehead atoms. The number of ether oxygens (including phenoxy) is 1. The van der Waals surface area contributed by atoms with E-state index in [9.17, 15) is 22.0 Å². The van der Waals surface area contributed by atoms with E-state index in [4.69, 9.17) is 0 Å². The largest absolute Gasteiger partial charge is 0.573 e. The monoisotopic (exact) mass is 456 g/mol. The highest BCUT2D eigenvalue weighted by Gasteiger charge is 2.39. The fourth-order valence-electron chi connectivity index (χ4n) is 6.79. The molecule has 1 aromatic carbocycles. The molecule has 4 rings (SSSR count). The van der Waals surface area contributed by atoms with Crippen LogP contribution in [0.3, 0.4) is 0 Å². The van der Waals surface area contributed by atoms with E-state index in [1.807, 2.05) is 0 Å². The van der Waals surface area contributed by atoms with Crippen molar-refractivity contribution in [3.8, 4) is 5.75 Å². The van der Waals surface area contributed by atoms with Gasteiger partial charge >= 0.3 is 6.36 Å². The zero-order chi connectivity index (χ0) is 22.9. The maximum absolute atomic E-state index is 14.1. The minimum absolute atomic E-state index is 0.0113. The molecule has 0 spiro atoms. The highest BCUT2D eigenvalue weighted by Crippen LogP contribution is 2.50. The number of rotatable bonds is 4. The topological polar surface area (TPSA) is 9.23 Å². The van der Waals surface area contributed by atoms with Gasteiger partial charge in [-0.25, -0.2) is 8.78 Å². The summed E-state index contributed by atoms with van der Waals surface area (Å²) in [5, 5.41) is 0. The highest BCUT2D eigenvalue weighted by atomic mass is 19.4. The molecule has 4 unspecified atom stereocenters. The van der Waals surface area contributed by atoms with Gasteiger partial charge in [0.2, 0.25) is 5.75 Å². The molecule has 3 aliphatic carbocycles. The zero-order valence-electron chi connectivity index (χ0n) is 18.6. The van der Waals surface area contributed by atoms with Crippen LogP contribution in [0.15, 0.2) is 24.3 Å². The summed E-state index contributed by atoms with van der Waals surface area (Å²) < 4.78 is 68.9. The molecule has 0 radical (unpaired) electrons. The number of fused-ring (bicyclic) bond motifs is 1. The van der Waals surface area contributed by atoms with E-state index in [0.717, 1.165) is 61.5 Å². The molecule has 1 aromatic rings. The van der Waals surface area contributed by atoms with Crippen LogP contribution in [0, 0.1) is 41.2 Å². The number of hydrogen-bond donors (Lipinski definition) is 0. The Bertz CT molecular complexity index is 786. The van der Waals surface area contributed by atoms with Crippen molar-refractivity contribution in [3.63, 3.8) is 0 Å². The Morgan fingerprint density at radius 1 is 0.781 bits per heavy atom. The summed E-state index contributed by atoms with van der Waals surface area (Å²) in [6.45, 7) is 2.10. The average molecular weight is 457 g/mol. The molecule has 178 valence electrons. The Hall–Kier alpha value is -1.59. The maximum atomic E-state index is 14.1. The molecule has 0 N–H and O–H groups in total. The van der Waals surface area contributed by atoms with Gasteiger partial charge in [0, 0.05) is 0 Å². The van der Waals surface area contributed by atoms with Crippen molar-refractivity contribution in [2.24, 2.45) is 29.6 Å². The van der Waals surface area contributed by atoms with Gasteiger partial charge in [-0.2, -0.15) is 0 Å². The first-order valence-electron chi connectivity index (χ1n) is 12.1. The molecular weight excluding hydrogens is 423 g/mol. The number of hydrogen-bond acceptors (Lipinski definition) is 1. The fraction of sp³-hybridized carbons (Fsp3) is 0.692. The summed E-state index contributed by atoms with van der Waals surface area (Å²) in [5.41, 5.74) is 0.444. The van der Waals surface area contributed by atoms with Crippen LogP contribution >= 0.6 is 0 Å². The van der Waals surface area contributed by atoms with E-state index in [0.29, 0.717) is 11.5 Å². The lowest BCUT2D eigenvalue weighted by atomic mass is 9.61. The average Bonchev–Trinajstić information content (AvgIpc) is 2.75. The Labute approximate surface area is 187 Å². The van der Waals surface area contributed by atoms with E-state index in [2.05, 4.69) is 23.8 Å². The molecule has 32 heavy (non-hydrogen) atoms. The van der Waals surface area contributed by atoms with E-state index < -0.39 is 23.7 Å². The lowest BCUT2D eigenvalue weighted by Gasteiger charge is -2.45. The Morgan fingerprint density at radius 2 is 1.31 bits per heavy atom. The third-order valence-electron chi connectivity index (χ3n) is 8.31. The second-order valence-corrected chi connectivity index (χ2v) is 10.2. The second kappa shape index (κ2) is 9.72. The van der Waals surface area contributed by atoms with Gasteiger partial charge in [0.1, 0.15) is 0 Å². The maximum Gasteiger partial charge on any atom is 0.573 e. The van der Waals surface area contributed by atoms with Gasteiger partial charge in [-0.3, -0.25) is 0 Å². The molecule has 6 heteroatoms. The van der Waals surface area contributed by atoms with Crippen LogP contribution in [-0.4, -0.2) is 6.36 Å². The predicted octanol–water partition coefficient (Wildman–Crippen LogP) is 8.55. The van der Waals surface area contributed by atoms with Crippen molar-refractivity contribution in [2.45, 2.75) is 83.4 Å². The Kier molecular flexibility index (Phi) is 7.16. The smallest absolute Gasteiger partial charge is 0.399 e. The van der Waals surface area contributed by atoms with Crippen LogP contribution in [0.4, 0.5) is 22.0 Å². The molecule has 0 heterocycles. The SMILES string of the molecule is C/C=C/C1CCC2CC(C3CCC(c4cc(F)c(OC(F)(F)F)c(F)c4)CC3)CCC2C1. The van der Waals surface area contributed by atoms with Gasteiger partial charge in [0.05, 0.1) is 0 Å². The van der Waals surface area contributed by atoms with Crippen LogP contribution in [0.5, 0.6) is 5.75 Å². The molecule has 3 saturated carbocycles. The third kappa shape index (κ3) is 5.48. The van der Waals surface area contributed by atoms with Gasteiger partial charge in [0.25, 0.3) is 0 Å². The molecule has 4 atom stereocenters. The van der Waals surface area contributed by atoms with Crippen LogP contribution in [0.25, 0.3) is 0 Å². The van der Waals surface area contributed by atoms with Gasteiger partial charge < -0.3 is 4.74 Å². The molecule has 0 amide bonds. The van der Waals surface area contributed by atoms with Crippen LogP contribution in [0.2, 0.25) is 0 Å². The second-order valence-electron chi connectivity index (χ2n) is 10.2. The van der Waals surface area contributed by atoms with E-state index in [1.165, 1.54) is 38.5 Å². The molecule has 3 fully saturated rings. The van der Waals surface area contributed by atoms with E-state index >= 15 is 0 Å². The highest BCUT2D eigenvalue weighted by molar-refractivity contribution is 5.33. The molecule has 0 aliphatic heterocycles. The van der Waals surface area contributed by atoms with E-state index in [-0.39, 0.29) is 5.92 Å². The normalized spacial score (nSPS) is 33.8. The van der Waals surface area contributed by atoms with Crippen LogP contribution in [0.1, 0.15) is 82.6 Å². The first kappa shape index (κ1) is 23.6. The lowest BCUT2D eigenvalue weighted by Crippen LogP contribution is -2.34. The molecule has 0 aromatic heterocycles. The Balaban J connectivity index is 1.32. The van der Waals surface area contributed by atoms with Gasteiger partial charge in [-0.1, -0.05) is 12.2 Å². The quantitative estimate of drug-likeness (QED) is 0.326. The molecule has 1 nitrogen and oxygen atoms in total. The number of alkyl halides is 3. The number of halogens is 5. The summed E-state index contributed by atoms with van der Waals surface area (Å²) >= 11 is 0. The third-order valence-corrected chi connectivity index (χ3v) is 8.31. The van der Waals surface area contributed by atoms with Crippen molar-refractivity contribution in [1.29, 1.82) is 0 Å². The minimum atomic E-state index is -5.12. The van der Waals surface area contributed by atoms with Crippen molar-refractivity contribution in [3.05, 3.63) is 41.5 Å². The first-order valence-corrected chi connectivity index (χ1v) is 12.1. The summed E-state index contributed by atoms with van der Waals surface area (Å²) in [5.74, 6) is -0.0917. The van der Waals surface area contributed by atoms with Crippen LogP contribution in [-0.2, 0) is 0 Å². The van der Waals surface area contributed by atoms with Crippen molar-refractivity contribution in [1.82, 2.24) is 0 Å². The number of allylic oxidation sites excluding steroid dienone is 2. The molecular formula is C26H33F5O. The summed E-state index contributed by atoms with van der Waals surface area (Å²) in [6.07, 6.45) is 11.0. The van der Waals surface area contributed by atoms with Crippen molar-refractivity contribution < 1.29 is 26.7 Å². The van der Waals surface area contributed by atoms with Gasteiger partial charge in [-0.05, 0) is 124 Å². The molecule has 0 saturated heterocycles. The fourth-order valence-corrected chi connectivity index (χ4v) is 6.79. The molecule has 3 aliphatic rings. The summed E-state index contributed by atoms with van der Waals surface area (Å²) in [6, 6.07) is 2.03.